The summed E-state index contributed by atoms with van der Waals surface area (Å²) < 4.78 is 7.61. The van der Waals surface area contributed by atoms with Crippen molar-refractivity contribution in [3.8, 4) is 5.75 Å². The van der Waals surface area contributed by atoms with Gasteiger partial charge in [0, 0.05) is 19.6 Å². The molecule has 5 heteroatoms. The summed E-state index contributed by atoms with van der Waals surface area (Å²) in [6, 6.07) is 6.44. The summed E-state index contributed by atoms with van der Waals surface area (Å²) in [5, 5.41) is 18.8. The van der Waals surface area contributed by atoms with Crippen LogP contribution in [0, 0.1) is 0 Å². The fourth-order valence-electron chi connectivity index (χ4n) is 3.13. The first-order valence-electron chi connectivity index (χ1n) is 8.19. The highest BCUT2D eigenvalue weighted by Crippen LogP contribution is 2.24. The molecule has 0 amide bonds. The molecule has 1 atom stereocenters. The molecule has 0 spiro atoms. The van der Waals surface area contributed by atoms with E-state index in [0.717, 1.165) is 16.7 Å². The molecule has 5 nitrogen and oxygen atoms in total. The van der Waals surface area contributed by atoms with Gasteiger partial charge in [0.05, 0.1) is 17.1 Å². The second kappa shape index (κ2) is 7.11. The first kappa shape index (κ1) is 15.3. The van der Waals surface area contributed by atoms with E-state index in [1.165, 1.54) is 32.1 Å². The van der Waals surface area contributed by atoms with Crippen LogP contribution in [0.5, 0.6) is 5.75 Å². The van der Waals surface area contributed by atoms with Crippen molar-refractivity contribution in [2.24, 2.45) is 7.05 Å². The topological polar surface area (TPSA) is 59.3 Å². The van der Waals surface area contributed by atoms with Gasteiger partial charge in [0.15, 0.2) is 0 Å². The largest absolute Gasteiger partial charge is 0.490 e. The zero-order valence-electron chi connectivity index (χ0n) is 13.2. The van der Waals surface area contributed by atoms with Crippen LogP contribution in [0.4, 0.5) is 0 Å². The van der Waals surface area contributed by atoms with Crippen molar-refractivity contribution in [2.45, 2.75) is 44.2 Å². The monoisotopic (exact) mass is 303 g/mol. The van der Waals surface area contributed by atoms with Crippen LogP contribution in [-0.2, 0) is 7.05 Å². The van der Waals surface area contributed by atoms with Crippen molar-refractivity contribution in [3.05, 3.63) is 24.4 Å². The van der Waals surface area contributed by atoms with Gasteiger partial charge in [0.2, 0.25) is 0 Å². The van der Waals surface area contributed by atoms with Crippen LogP contribution in [0.25, 0.3) is 10.9 Å². The molecule has 1 aliphatic carbocycles. The number of rotatable bonds is 6. The van der Waals surface area contributed by atoms with Gasteiger partial charge in [0.25, 0.3) is 0 Å². The van der Waals surface area contributed by atoms with E-state index < -0.39 is 6.10 Å². The maximum atomic E-state index is 10.1. The summed E-state index contributed by atoms with van der Waals surface area (Å²) in [7, 11) is 1.91. The minimum absolute atomic E-state index is 0.299. The number of nitrogens with zero attached hydrogens (tertiary/aromatic N) is 2. The number of hydrogen-bond donors (Lipinski definition) is 2. The Morgan fingerprint density at radius 3 is 3.00 bits per heavy atom. The third-order valence-electron chi connectivity index (χ3n) is 4.43. The number of hydrogen-bond acceptors (Lipinski definition) is 4. The Labute approximate surface area is 131 Å². The van der Waals surface area contributed by atoms with Gasteiger partial charge < -0.3 is 15.2 Å². The fraction of sp³-hybridized carbons (Fsp3) is 0.588. The van der Waals surface area contributed by atoms with Crippen molar-refractivity contribution in [2.75, 3.05) is 13.2 Å². The van der Waals surface area contributed by atoms with Crippen LogP contribution >= 0.6 is 0 Å². The molecule has 0 bridgehead atoms. The van der Waals surface area contributed by atoms with Gasteiger partial charge in [-0.05, 0) is 25.0 Å². The molecule has 1 fully saturated rings. The second-order valence-electron chi connectivity index (χ2n) is 6.17. The first-order valence-corrected chi connectivity index (χ1v) is 8.19. The Kier molecular flexibility index (Phi) is 4.95. The van der Waals surface area contributed by atoms with Gasteiger partial charge in [0.1, 0.15) is 18.5 Å². The van der Waals surface area contributed by atoms with E-state index in [-0.39, 0.29) is 0 Å². The normalized spacial score (nSPS) is 17.7. The third kappa shape index (κ3) is 3.59. The Morgan fingerprint density at radius 1 is 1.36 bits per heavy atom. The standard InChI is InChI=1S/C17H25N3O2/c1-20-16-8-5-9-17(15(16)11-19-20)22-12-14(21)10-18-13-6-3-2-4-7-13/h5,8-9,11,13-14,18,21H,2-4,6-7,10,12H2,1H3. The number of aliphatic hydroxyl groups is 1. The van der Waals surface area contributed by atoms with Gasteiger partial charge in [-0.3, -0.25) is 4.68 Å². The van der Waals surface area contributed by atoms with Crippen molar-refractivity contribution in [3.63, 3.8) is 0 Å². The molecule has 1 saturated carbocycles. The molecule has 120 valence electrons. The van der Waals surface area contributed by atoms with Gasteiger partial charge in [-0.2, -0.15) is 5.10 Å². The number of aliphatic hydroxyl groups excluding tert-OH is 1. The summed E-state index contributed by atoms with van der Waals surface area (Å²) >= 11 is 0. The number of fused-ring (bicyclic) bond motifs is 1. The van der Waals surface area contributed by atoms with Crippen LogP contribution in [0.2, 0.25) is 0 Å². The smallest absolute Gasteiger partial charge is 0.130 e. The zero-order chi connectivity index (χ0) is 15.4. The quantitative estimate of drug-likeness (QED) is 0.859. The Balaban J connectivity index is 1.50. The molecule has 1 unspecified atom stereocenters. The average Bonchev–Trinajstić information content (AvgIpc) is 2.94. The number of aryl methyl sites for hydroxylation is 1. The number of benzene rings is 1. The van der Waals surface area contributed by atoms with Gasteiger partial charge >= 0.3 is 0 Å². The predicted molar refractivity (Wildman–Crippen MR) is 87.1 cm³/mol. The summed E-state index contributed by atoms with van der Waals surface area (Å²) in [6.07, 6.45) is 7.70. The molecule has 1 heterocycles. The maximum Gasteiger partial charge on any atom is 0.130 e. The summed E-state index contributed by atoms with van der Waals surface area (Å²) in [5.41, 5.74) is 1.03. The van der Waals surface area contributed by atoms with Crippen LogP contribution in [0.15, 0.2) is 24.4 Å². The minimum Gasteiger partial charge on any atom is -0.490 e. The van der Waals surface area contributed by atoms with Crippen LogP contribution < -0.4 is 10.1 Å². The Hall–Kier alpha value is -1.59. The number of nitrogens with one attached hydrogen (secondary N) is 1. The molecular weight excluding hydrogens is 278 g/mol. The van der Waals surface area contributed by atoms with Gasteiger partial charge in [-0.1, -0.05) is 25.3 Å². The number of ether oxygens (including phenoxy) is 1. The first-order chi connectivity index (χ1) is 10.7. The van der Waals surface area contributed by atoms with E-state index in [0.29, 0.717) is 19.2 Å². The van der Waals surface area contributed by atoms with E-state index in [9.17, 15) is 5.11 Å². The van der Waals surface area contributed by atoms with Crippen molar-refractivity contribution < 1.29 is 9.84 Å². The van der Waals surface area contributed by atoms with Crippen LogP contribution in [0.3, 0.4) is 0 Å². The van der Waals surface area contributed by atoms with E-state index in [1.807, 2.05) is 29.9 Å². The zero-order valence-corrected chi connectivity index (χ0v) is 13.2. The number of aromatic nitrogens is 2. The minimum atomic E-state index is -0.492. The van der Waals surface area contributed by atoms with E-state index in [1.54, 1.807) is 6.20 Å². The molecule has 22 heavy (non-hydrogen) atoms. The van der Waals surface area contributed by atoms with Crippen molar-refractivity contribution in [1.29, 1.82) is 0 Å². The summed E-state index contributed by atoms with van der Waals surface area (Å²) in [4.78, 5) is 0. The molecule has 1 aromatic carbocycles. The molecular formula is C17H25N3O2. The molecule has 3 rings (SSSR count). The molecule has 0 radical (unpaired) electrons. The molecule has 0 saturated heterocycles. The molecule has 1 aromatic heterocycles. The lowest BCUT2D eigenvalue weighted by molar-refractivity contribution is 0.102. The van der Waals surface area contributed by atoms with E-state index >= 15 is 0 Å². The predicted octanol–water partition coefficient (Wildman–Crippen LogP) is 2.24. The maximum absolute atomic E-state index is 10.1. The molecule has 2 aromatic rings. The lowest BCUT2D eigenvalue weighted by Crippen LogP contribution is -2.38. The third-order valence-corrected chi connectivity index (χ3v) is 4.43. The molecule has 2 N–H and O–H groups in total. The average molecular weight is 303 g/mol. The lowest BCUT2D eigenvalue weighted by atomic mass is 9.95. The van der Waals surface area contributed by atoms with Gasteiger partial charge in [-0.15, -0.1) is 0 Å². The van der Waals surface area contributed by atoms with Crippen molar-refractivity contribution in [1.82, 2.24) is 15.1 Å². The second-order valence-corrected chi connectivity index (χ2v) is 6.17. The van der Waals surface area contributed by atoms with Crippen molar-refractivity contribution >= 4 is 10.9 Å². The summed E-state index contributed by atoms with van der Waals surface area (Å²) in [6.45, 7) is 0.890. The van der Waals surface area contributed by atoms with E-state index in [2.05, 4.69) is 10.4 Å². The molecule has 1 aliphatic rings. The highest BCUT2D eigenvalue weighted by molar-refractivity contribution is 5.85. The SMILES string of the molecule is Cn1ncc2c(OCC(O)CNC3CCCCC3)cccc21. The van der Waals surface area contributed by atoms with Crippen LogP contribution in [-0.4, -0.2) is 40.2 Å². The highest BCUT2D eigenvalue weighted by Gasteiger charge is 2.15. The Bertz CT molecular complexity index is 605. The van der Waals surface area contributed by atoms with Crippen LogP contribution in [0.1, 0.15) is 32.1 Å². The fourth-order valence-corrected chi connectivity index (χ4v) is 3.13. The Morgan fingerprint density at radius 2 is 2.18 bits per heavy atom. The van der Waals surface area contributed by atoms with E-state index in [4.69, 9.17) is 4.74 Å². The van der Waals surface area contributed by atoms with Gasteiger partial charge in [-0.25, -0.2) is 0 Å². The highest BCUT2D eigenvalue weighted by atomic mass is 16.5. The molecule has 0 aliphatic heterocycles. The summed E-state index contributed by atoms with van der Waals surface area (Å²) in [5.74, 6) is 0.780. The lowest BCUT2D eigenvalue weighted by Gasteiger charge is -2.24.